The van der Waals surface area contributed by atoms with Crippen LogP contribution >= 0.6 is 11.6 Å². The van der Waals surface area contributed by atoms with Crippen molar-refractivity contribution in [2.45, 2.75) is 26.4 Å². The highest BCUT2D eigenvalue weighted by atomic mass is 35.5. The molecule has 0 bridgehead atoms. The van der Waals surface area contributed by atoms with E-state index in [1.165, 1.54) is 0 Å². The summed E-state index contributed by atoms with van der Waals surface area (Å²) in [7, 11) is 0. The molecule has 0 unspecified atom stereocenters. The van der Waals surface area contributed by atoms with Crippen LogP contribution in [0.2, 0.25) is 5.02 Å². The van der Waals surface area contributed by atoms with Crippen LogP contribution in [0.4, 0.5) is 18.9 Å². The van der Waals surface area contributed by atoms with Crippen LogP contribution in [0.1, 0.15) is 34.3 Å². The molecule has 1 aromatic heterocycles. The third kappa shape index (κ3) is 3.24. The minimum absolute atomic E-state index is 0.00788. The molecule has 0 aliphatic carbocycles. The van der Waals surface area contributed by atoms with Crippen LogP contribution in [0.3, 0.4) is 0 Å². The number of benzene rings is 1. The standard InChI is InChI=1S/C14H12ClF3N2O2/c1-3-10-12(7(2)22-20-10)13(21)19-11-6-8(14(16,17)18)4-5-9(11)15/h4-6H,3H2,1-2H3,(H,19,21). The predicted molar refractivity (Wildman–Crippen MR) is 75.0 cm³/mol. The van der Waals surface area contributed by atoms with Gasteiger partial charge in [-0.3, -0.25) is 4.79 Å². The zero-order valence-electron chi connectivity index (χ0n) is 11.7. The van der Waals surface area contributed by atoms with Crippen molar-refractivity contribution in [3.05, 3.63) is 45.8 Å². The molecule has 0 radical (unpaired) electrons. The Kier molecular flexibility index (Phi) is 4.46. The number of carbonyl (C=O) groups is 1. The molecular weight excluding hydrogens is 321 g/mol. The van der Waals surface area contributed by atoms with Crippen molar-refractivity contribution in [3.63, 3.8) is 0 Å². The van der Waals surface area contributed by atoms with Gasteiger partial charge in [-0.1, -0.05) is 23.7 Å². The van der Waals surface area contributed by atoms with E-state index in [2.05, 4.69) is 10.5 Å². The number of aromatic nitrogens is 1. The van der Waals surface area contributed by atoms with Crippen LogP contribution in [0, 0.1) is 6.92 Å². The third-order valence-electron chi connectivity index (χ3n) is 3.04. The van der Waals surface area contributed by atoms with E-state index < -0.39 is 17.6 Å². The molecule has 1 N–H and O–H groups in total. The summed E-state index contributed by atoms with van der Waals surface area (Å²) < 4.78 is 43.1. The SMILES string of the molecule is CCc1noc(C)c1C(=O)Nc1cc(C(F)(F)F)ccc1Cl. The highest BCUT2D eigenvalue weighted by Gasteiger charge is 2.31. The lowest BCUT2D eigenvalue weighted by Gasteiger charge is -2.11. The van der Waals surface area contributed by atoms with Gasteiger partial charge in [-0.2, -0.15) is 13.2 Å². The number of halogens is 4. The van der Waals surface area contributed by atoms with Crippen LogP contribution in [-0.2, 0) is 12.6 Å². The van der Waals surface area contributed by atoms with Crippen molar-refractivity contribution in [2.24, 2.45) is 0 Å². The molecule has 0 spiro atoms. The van der Waals surface area contributed by atoms with Gasteiger partial charge in [-0.15, -0.1) is 0 Å². The molecule has 0 aliphatic rings. The summed E-state index contributed by atoms with van der Waals surface area (Å²) in [6.07, 6.45) is -4.07. The van der Waals surface area contributed by atoms with Crippen LogP contribution in [0.15, 0.2) is 22.7 Å². The van der Waals surface area contributed by atoms with Gasteiger partial charge in [0, 0.05) is 0 Å². The number of alkyl halides is 3. The summed E-state index contributed by atoms with van der Waals surface area (Å²) in [4.78, 5) is 12.2. The van der Waals surface area contributed by atoms with Crippen molar-refractivity contribution in [3.8, 4) is 0 Å². The fourth-order valence-corrected chi connectivity index (χ4v) is 2.10. The normalized spacial score (nSPS) is 11.5. The van der Waals surface area contributed by atoms with Gasteiger partial charge in [0.15, 0.2) is 0 Å². The Morgan fingerprint density at radius 2 is 2.09 bits per heavy atom. The minimum atomic E-state index is -4.52. The Hall–Kier alpha value is -2.02. The van der Waals surface area contributed by atoms with Crippen LogP contribution in [0.25, 0.3) is 0 Å². The van der Waals surface area contributed by atoms with Crippen molar-refractivity contribution in [1.82, 2.24) is 5.16 Å². The first-order valence-corrected chi connectivity index (χ1v) is 6.75. The largest absolute Gasteiger partial charge is 0.416 e. The number of rotatable bonds is 3. The van der Waals surface area contributed by atoms with E-state index >= 15 is 0 Å². The quantitative estimate of drug-likeness (QED) is 0.902. The van der Waals surface area contributed by atoms with E-state index in [4.69, 9.17) is 16.1 Å². The molecule has 1 amide bonds. The molecule has 0 atom stereocenters. The van der Waals surface area contributed by atoms with Crippen molar-refractivity contribution in [2.75, 3.05) is 5.32 Å². The zero-order valence-corrected chi connectivity index (χ0v) is 12.5. The van der Waals surface area contributed by atoms with E-state index in [1.54, 1.807) is 13.8 Å². The van der Waals surface area contributed by atoms with Crippen LogP contribution in [0.5, 0.6) is 0 Å². The van der Waals surface area contributed by atoms with Crippen molar-refractivity contribution < 1.29 is 22.5 Å². The molecule has 8 heteroatoms. The number of hydrogen-bond donors (Lipinski definition) is 1. The highest BCUT2D eigenvalue weighted by molar-refractivity contribution is 6.34. The van der Waals surface area contributed by atoms with E-state index in [0.29, 0.717) is 12.1 Å². The second-order valence-electron chi connectivity index (χ2n) is 4.56. The predicted octanol–water partition coefficient (Wildman–Crippen LogP) is 4.47. The van der Waals surface area contributed by atoms with Gasteiger partial charge in [0.1, 0.15) is 11.3 Å². The van der Waals surface area contributed by atoms with E-state index in [1.807, 2.05) is 0 Å². The first kappa shape index (κ1) is 16.4. The molecule has 0 fully saturated rings. The molecule has 4 nitrogen and oxygen atoms in total. The first-order chi connectivity index (χ1) is 10.2. The molecule has 0 saturated carbocycles. The van der Waals surface area contributed by atoms with Gasteiger partial charge in [-0.25, -0.2) is 0 Å². The summed E-state index contributed by atoms with van der Waals surface area (Å²) >= 11 is 5.84. The van der Waals surface area contributed by atoms with E-state index in [0.717, 1.165) is 18.2 Å². The Labute approximate surface area is 129 Å². The number of carbonyl (C=O) groups excluding carboxylic acids is 1. The molecule has 1 heterocycles. The Balaban J connectivity index is 2.34. The number of anilines is 1. The lowest BCUT2D eigenvalue weighted by Crippen LogP contribution is -2.15. The maximum atomic E-state index is 12.7. The summed E-state index contributed by atoms with van der Waals surface area (Å²) in [5.41, 5.74) is -0.386. The lowest BCUT2D eigenvalue weighted by molar-refractivity contribution is -0.137. The summed E-state index contributed by atoms with van der Waals surface area (Å²) in [6, 6.07) is 2.72. The Morgan fingerprint density at radius 3 is 2.68 bits per heavy atom. The number of nitrogens with zero attached hydrogens (tertiary/aromatic N) is 1. The molecule has 0 aliphatic heterocycles. The summed E-state index contributed by atoms with van der Waals surface area (Å²) in [5.74, 6) is -0.325. The number of nitrogens with one attached hydrogen (secondary N) is 1. The lowest BCUT2D eigenvalue weighted by atomic mass is 10.1. The van der Waals surface area contributed by atoms with Gasteiger partial charge in [-0.05, 0) is 31.5 Å². The van der Waals surface area contributed by atoms with Crippen LogP contribution < -0.4 is 5.32 Å². The molecule has 2 rings (SSSR count). The zero-order chi connectivity index (χ0) is 16.5. The monoisotopic (exact) mass is 332 g/mol. The maximum absolute atomic E-state index is 12.7. The van der Waals surface area contributed by atoms with Crippen molar-refractivity contribution >= 4 is 23.2 Å². The molecule has 2 aromatic rings. The number of aryl methyl sites for hydroxylation is 2. The average molecular weight is 333 g/mol. The van der Waals surface area contributed by atoms with Crippen LogP contribution in [-0.4, -0.2) is 11.1 Å². The van der Waals surface area contributed by atoms with Gasteiger partial charge < -0.3 is 9.84 Å². The molecule has 1 aromatic carbocycles. The fraction of sp³-hybridized carbons (Fsp3) is 0.286. The van der Waals surface area contributed by atoms with Gasteiger partial charge in [0.2, 0.25) is 0 Å². The second kappa shape index (κ2) is 6.00. The highest BCUT2D eigenvalue weighted by Crippen LogP contribution is 2.34. The van der Waals surface area contributed by atoms with Gasteiger partial charge in [0.25, 0.3) is 5.91 Å². The Morgan fingerprint density at radius 1 is 1.41 bits per heavy atom. The molecular formula is C14H12ClF3N2O2. The van der Waals surface area contributed by atoms with E-state index in [-0.39, 0.29) is 22.0 Å². The van der Waals surface area contributed by atoms with E-state index in [9.17, 15) is 18.0 Å². The van der Waals surface area contributed by atoms with Gasteiger partial charge in [0.05, 0.1) is 22.0 Å². The fourth-order valence-electron chi connectivity index (χ4n) is 1.93. The van der Waals surface area contributed by atoms with Gasteiger partial charge >= 0.3 is 6.18 Å². The molecule has 0 saturated heterocycles. The molecule has 22 heavy (non-hydrogen) atoms. The summed E-state index contributed by atoms with van der Waals surface area (Å²) in [6.45, 7) is 3.33. The second-order valence-corrected chi connectivity index (χ2v) is 4.97. The number of hydrogen-bond acceptors (Lipinski definition) is 3. The maximum Gasteiger partial charge on any atom is 0.416 e. The molecule has 118 valence electrons. The summed E-state index contributed by atoms with van der Waals surface area (Å²) in [5, 5.41) is 6.10. The first-order valence-electron chi connectivity index (χ1n) is 6.37. The average Bonchev–Trinajstić information content (AvgIpc) is 2.81. The topological polar surface area (TPSA) is 55.1 Å². The smallest absolute Gasteiger partial charge is 0.361 e. The third-order valence-corrected chi connectivity index (χ3v) is 3.37. The Bertz CT molecular complexity index is 711. The number of amides is 1. The minimum Gasteiger partial charge on any atom is -0.361 e. The van der Waals surface area contributed by atoms with Crippen molar-refractivity contribution in [1.29, 1.82) is 0 Å².